The minimum atomic E-state index is -3.61. The monoisotopic (exact) mass is 488 g/mol. The third-order valence-electron chi connectivity index (χ3n) is 4.85. The number of nitrogens with one attached hydrogen (secondary N) is 1. The van der Waals surface area contributed by atoms with Crippen LogP contribution >= 0.6 is 0 Å². The average Bonchev–Trinajstić information content (AvgIpc) is 2.87. The third-order valence-corrected chi connectivity index (χ3v) is 6.76. The van der Waals surface area contributed by atoms with Crippen molar-refractivity contribution in [2.75, 3.05) is 40.0 Å². The highest BCUT2D eigenvalue weighted by molar-refractivity contribution is 7.89. The molecule has 1 aliphatic heterocycles. The van der Waals surface area contributed by atoms with Crippen LogP contribution < -0.4 is 10.1 Å². The molecule has 1 heterocycles. The van der Waals surface area contributed by atoms with E-state index in [4.69, 9.17) is 14.2 Å². The molecule has 0 unspecified atom stereocenters. The van der Waals surface area contributed by atoms with Gasteiger partial charge in [-0.05, 0) is 35.9 Å². The zero-order chi connectivity index (χ0) is 24.6. The fourth-order valence-electron chi connectivity index (χ4n) is 3.10. The van der Waals surface area contributed by atoms with Crippen LogP contribution in [0.5, 0.6) is 5.75 Å². The highest BCUT2D eigenvalue weighted by Gasteiger charge is 2.26. The summed E-state index contributed by atoms with van der Waals surface area (Å²) in [5, 5.41) is 2.12. The Kier molecular flexibility index (Phi) is 8.52. The second-order valence-electron chi connectivity index (χ2n) is 7.10. The molecule has 2 aromatic carbocycles. The Morgan fingerprint density at radius 3 is 2.41 bits per heavy atom. The van der Waals surface area contributed by atoms with Crippen molar-refractivity contribution in [1.82, 2.24) is 9.62 Å². The lowest BCUT2D eigenvalue weighted by Crippen LogP contribution is -2.40. The van der Waals surface area contributed by atoms with Gasteiger partial charge in [-0.1, -0.05) is 24.3 Å². The minimum Gasteiger partial charge on any atom is -0.496 e. The van der Waals surface area contributed by atoms with E-state index in [2.05, 4.69) is 5.32 Å². The number of benzene rings is 2. The van der Waals surface area contributed by atoms with Gasteiger partial charge in [0, 0.05) is 19.2 Å². The van der Waals surface area contributed by atoms with E-state index >= 15 is 0 Å². The van der Waals surface area contributed by atoms with Crippen LogP contribution in [0.4, 0.5) is 0 Å². The van der Waals surface area contributed by atoms with E-state index < -0.39 is 34.4 Å². The summed E-state index contributed by atoms with van der Waals surface area (Å²) in [6, 6.07) is 12.4. The van der Waals surface area contributed by atoms with Crippen LogP contribution in [-0.2, 0) is 29.1 Å². The van der Waals surface area contributed by atoms with Gasteiger partial charge in [-0.25, -0.2) is 13.2 Å². The lowest BCUT2D eigenvalue weighted by Gasteiger charge is -2.26. The molecule has 0 atom stereocenters. The molecule has 10 nitrogen and oxygen atoms in total. The van der Waals surface area contributed by atoms with Gasteiger partial charge < -0.3 is 14.2 Å². The molecule has 0 radical (unpaired) electrons. The summed E-state index contributed by atoms with van der Waals surface area (Å²) in [6.07, 6.45) is 2.52. The van der Waals surface area contributed by atoms with E-state index in [-0.39, 0.29) is 10.5 Å². The summed E-state index contributed by atoms with van der Waals surface area (Å²) < 4.78 is 41.7. The van der Waals surface area contributed by atoms with Crippen LogP contribution in [0.2, 0.25) is 0 Å². The molecule has 180 valence electrons. The smallest absolute Gasteiger partial charge is 0.331 e. The molecule has 0 bridgehead atoms. The molecule has 0 spiro atoms. The normalized spacial score (nSPS) is 14.5. The van der Waals surface area contributed by atoms with E-state index in [0.717, 1.165) is 6.08 Å². The van der Waals surface area contributed by atoms with Gasteiger partial charge in [-0.2, -0.15) is 4.31 Å². The maximum Gasteiger partial charge on any atom is 0.331 e. The van der Waals surface area contributed by atoms with Crippen molar-refractivity contribution >= 4 is 33.9 Å². The molecule has 34 heavy (non-hydrogen) atoms. The number of rotatable bonds is 8. The summed E-state index contributed by atoms with van der Waals surface area (Å²) in [6.45, 7) is 0.659. The van der Waals surface area contributed by atoms with Gasteiger partial charge in [0.25, 0.3) is 11.8 Å². The lowest BCUT2D eigenvalue weighted by atomic mass is 10.2. The topological polar surface area (TPSA) is 128 Å². The van der Waals surface area contributed by atoms with Crippen LogP contribution in [0.25, 0.3) is 6.08 Å². The van der Waals surface area contributed by atoms with E-state index in [1.54, 1.807) is 30.3 Å². The molecule has 11 heteroatoms. The Balaban J connectivity index is 1.50. The van der Waals surface area contributed by atoms with Crippen molar-refractivity contribution in [3.63, 3.8) is 0 Å². The average molecular weight is 489 g/mol. The van der Waals surface area contributed by atoms with Crippen molar-refractivity contribution in [2.45, 2.75) is 4.90 Å². The summed E-state index contributed by atoms with van der Waals surface area (Å²) in [4.78, 5) is 36.1. The first kappa shape index (κ1) is 25.1. The Hall–Kier alpha value is -3.54. The van der Waals surface area contributed by atoms with Crippen LogP contribution in [0.3, 0.4) is 0 Å². The number of amides is 2. The zero-order valence-electron chi connectivity index (χ0n) is 18.4. The van der Waals surface area contributed by atoms with E-state index in [9.17, 15) is 22.8 Å². The first-order valence-corrected chi connectivity index (χ1v) is 11.8. The third kappa shape index (κ3) is 6.50. The fourth-order valence-corrected chi connectivity index (χ4v) is 4.51. The molecular weight excluding hydrogens is 464 g/mol. The number of sulfonamides is 1. The fraction of sp³-hybridized carbons (Fsp3) is 0.261. The molecule has 2 aromatic rings. The highest BCUT2D eigenvalue weighted by atomic mass is 32.2. The van der Waals surface area contributed by atoms with Crippen molar-refractivity contribution in [3.8, 4) is 5.75 Å². The predicted molar refractivity (Wildman–Crippen MR) is 121 cm³/mol. The van der Waals surface area contributed by atoms with E-state index in [1.807, 2.05) is 0 Å². The summed E-state index contributed by atoms with van der Waals surface area (Å²) in [7, 11) is -2.20. The minimum absolute atomic E-state index is 0.144. The molecule has 1 aliphatic rings. The largest absolute Gasteiger partial charge is 0.496 e. The molecule has 0 aliphatic carbocycles. The first-order chi connectivity index (χ1) is 16.3. The molecule has 0 aromatic heterocycles. The predicted octanol–water partition coefficient (Wildman–Crippen LogP) is 1.23. The van der Waals surface area contributed by atoms with Gasteiger partial charge in [-0.3, -0.25) is 14.9 Å². The van der Waals surface area contributed by atoms with Crippen molar-refractivity contribution in [3.05, 3.63) is 65.7 Å². The molecule has 2 amide bonds. The molecular formula is C23H24N2O8S. The number of carbonyl (C=O) groups is 3. The number of imide groups is 1. The van der Waals surface area contributed by atoms with E-state index in [1.165, 1.54) is 35.7 Å². The number of nitrogens with zero attached hydrogens (tertiary/aromatic N) is 1. The molecule has 3 rings (SSSR count). The summed E-state index contributed by atoms with van der Waals surface area (Å²) in [5.74, 6) is -1.97. The highest BCUT2D eigenvalue weighted by Crippen LogP contribution is 2.18. The van der Waals surface area contributed by atoms with Gasteiger partial charge in [0.05, 0.1) is 30.8 Å². The van der Waals surface area contributed by atoms with Gasteiger partial charge in [0.1, 0.15) is 5.75 Å². The maximum atomic E-state index is 12.6. The van der Waals surface area contributed by atoms with Crippen LogP contribution in [0.1, 0.15) is 15.9 Å². The maximum absolute atomic E-state index is 12.6. The number of ether oxygens (including phenoxy) is 3. The number of hydrogen-bond acceptors (Lipinski definition) is 8. The SMILES string of the molecule is COc1ccccc1C(=O)NC(=O)COC(=O)/C=C/c1ccc(S(=O)(=O)N2CCOCC2)cc1. The molecule has 1 fully saturated rings. The zero-order valence-corrected chi connectivity index (χ0v) is 19.2. The second kappa shape index (κ2) is 11.5. The Morgan fingerprint density at radius 2 is 1.74 bits per heavy atom. The van der Waals surface area contributed by atoms with Gasteiger partial charge in [0.15, 0.2) is 6.61 Å². The molecule has 0 saturated carbocycles. The quantitative estimate of drug-likeness (QED) is 0.434. The molecule has 1 saturated heterocycles. The number of methoxy groups -OCH3 is 1. The van der Waals surface area contributed by atoms with Crippen LogP contribution in [0, 0.1) is 0 Å². The van der Waals surface area contributed by atoms with Crippen molar-refractivity contribution in [2.24, 2.45) is 0 Å². The summed E-state index contributed by atoms with van der Waals surface area (Å²) in [5.41, 5.74) is 0.734. The van der Waals surface area contributed by atoms with Crippen molar-refractivity contribution < 1.29 is 37.0 Å². The Labute approximate surface area is 197 Å². The lowest BCUT2D eigenvalue weighted by molar-refractivity contribution is -0.143. The van der Waals surface area contributed by atoms with Crippen LogP contribution in [-0.4, -0.2) is 70.5 Å². The number of hydrogen-bond donors (Lipinski definition) is 1. The number of carbonyl (C=O) groups excluding carboxylic acids is 3. The Morgan fingerprint density at radius 1 is 1.06 bits per heavy atom. The number of para-hydroxylation sites is 1. The molecule has 1 N–H and O–H groups in total. The Bertz CT molecular complexity index is 1170. The number of morpholine rings is 1. The van der Waals surface area contributed by atoms with Gasteiger partial charge >= 0.3 is 5.97 Å². The number of esters is 1. The van der Waals surface area contributed by atoms with Gasteiger partial charge in [-0.15, -0.1) is 0 Å². The van der Waals surface area contributed by atoms with Crippen LogP contribution in [0.15, 0.2) is 59.5 Å². The summed E-state index contributed by atoms with van der Waals surface area (Å²) >= 11 is 0. The second-order valence-corrected chi connectivity index (χ2v) is 9.04. The van der Waals surface area contributed by atoms with E-state index in [0.29, 0.717) is 37.6 Å². The first-order valence-electron chi connectivity index (χ1n) is 10.3. The standard InChI is InChI=1S/C23H24N2O8S/c1-31-20-5-3-2-4-19(20)23(28)24-21(26)16-33-22(27)11-8-17-6-9-18(10-7-17)34(29,30)25-12-14-32-15-13-25/h2-11H,12-16H2,1H3,(H,24,26,28)/b11-8+. The van der Waals surface area contributed by atoms with Gasteiger partial charge in [0.2, 0.25) is 10.0 Å². The van der Waals surface area contributed by atoms with Crippen molar-refractivity contribution in [1.29, 1.82) is 0 Å².